The molecule has 0 aliphatic heterocycles. The van der Waals surface area contributed by atoms with Gasteiger partial charge in [-0.05, 0) is 65.2 Å². The van der Waals surface area contributed by atoms with E-state index in [0.717, 1.165) is 26.8 Å². The molecule has 0 aliphatic carbocycles. The Morgan fingerprint density at radius 2 is 1.45 bits per heavy atom. The molecular formula is C30H26F9N7S. The number of hydrogen-bond donors (Lipinski definition) is 0. The first-order valence-electron chi connectivity index (χ1n) is 14.1. The maximum Gasteiger partial charge on any atom is 0.416 e. The normalized spacial score (nSPS) is 12.6. The van der Waals surface area contributed by atoms with Crippen molar-refractivity contribution in [1.29, 1.82) is 0 Å². The Balaban J connectivity index is 1.59. The number of anilines is 1. The molecule has 0 bridgehead atoms. The fraction of sp³-hybridized carbons (Fsp3) is 0.333. The van der Waals surface area contributed by atoms with Crippen LogP contribution in [-0.4, -0.2) is 29.8 Å². The van der Waals surface area contributed by atoms with Gasteiger partial charge in [-0.2, -0.15) is 44.3 Å². The molecule has 0 unspecified atom stereocenters. The van der Waals surface area contributed by atoms with Crippen LogP contribution in [0.1, 0.15) is 44.6 Å². The van der Waals surface area contributed by atoms with Crippen molar-refractivity contribution in [3.05, 3.63) is 98.6 Å². The molecule has 47 heavy (non-hydrogen) atoms. The van der Waals surface area contributed by atoms with E-state index in [1.165, 1.54) is 29.4 Å². The predicted octanol–water partition coefficient (Wildman–Crippen LogP) is 8.20. The van der Waals surface area contributed by atoms with Gasteiger partial charge in [0, 0.05) is 48.9 Å². The van der Waals surface area contributed by atoms with Gasteiger partial charge in [-0.3, -0.25) is 0 Å². The number of alkyl halides is 9. The van der Waals surface area contributed by atoms with Gasteiger partial charge >= 0.3 is 18.5 Å². The summed E-state index contributed by atoms with van der Waals surface area (Å²) in [5.41, 5.74) is -3.65. The summed E-state index contributed by atoms with van der Waals surface area (Å²) in [6.45, 7) is 1.44. The maximum absolute atomic E-state index is 13.9. The van der Waals surface area contributed by atoms with Crippen molar-refractivity contribution in [2.45, 2.75) is 57.9 Å². The summed E-state index contributed by atoms with van der Waals surface area (Å²) in [6, 6.07) is 7.93. The number of thiazole rings is 1. The second kappa shape index (κ2) is 13.0. The van der Waals surface area contributed by atoms with Crippen molar-refractivity contribution in [2.24, 2.45) is 7.05 Å². The molecule has 2 aromatic carbocycles. The molecule has 250 valence electrons. The van der Waals surface area contributed by atoms with E-state index in [2.05, 4.69) is 15.4 Å². The van der Waals surface area contributed by atoms with Crippen LogP contribution in [0.2, 0.25) is 0 Å². The summed E-state index contributed by atoms with van der Waals surface area (Å²) >= 11 is 1.41. The summed E-state index contributed by atoms with van der Waals surface area (Å²) in [5, 5.41) is 12.3. The molecule has 0 amide bonds. The fourth-order valence-electron chi connectivity index (χ4n) is 4.97. The smallest absolute Gasteiger partial charge is 0.354 e. The Kier molecular flexibility index (Phi) is 9.39. The van der Waals surface area contributed by atoms with Crippen molar-refractivity contribution < 1.29 is 39.5 Å². The van der Waals surface area contributed by atoms with E-state index in [-0.39, 0.29) is 17.6 Å². The number of benzene rings is 2. The lowest BCUT2D eigenvalue weighted by Gasteiger charge is -2.24. The SMILES string of the molecule is CCc1sc(CCn2cccc2)nc1-c1ccc(C(F)(F)F)cc1CN(Cc1cc(C(F)(F)F)cc(C(F)(F)F)c1)c1nnn(C)n1. The van der Waals surface area contributed by atoms with Crippen LogP contribution in [0, 0.1) is 0 Å². The molecule has 0 saturated heterocycles. The molecule has 0 spiro atoms. The van der Waals surface area contributed by atoms with Crippen molar-refractivity contribution in [3.63, 3.8) is 0 Å². The van der Waals surface area contributed by atoms with E-state index in [4.69, 9.17) is 4.98 Å². The van der Waals surface area contributed by atoms with Gasteiger partial charge in [0.15, 0.2) is 0 Å². The number of hydrogen-bond acceptors (Lipinski definition) is 6. The minimum atomic E-state index is -5.10. The van der Waals surface area contributed by atoms with E-state index in [9.17, 15) is 39.5 Å². The molecule has 0 radical (unpaired) electrons. The van der Waals surface area contributed by atoms with E-state index in [1.807, 2.05) is 36.0 Å². The third-order valence-electron chi connectivity index (χ3n) is 7.16. The first-order chi connectivity index (χ1) is 22.0. The van der Waals surface area contributed by atoms with Crippen LogP contribution in [0.4, 0.5) is 45.5 Å². The van der Waals surface area contributed by atoms with Crippen LogP contribution in [0.3, 0.4) is 0 Å². The summed E-state index contributed by atoms with van der Waals surface area (Å²) in [7, 11) is 1.38. The predicted molar refractivity (Wildman–Crippen MR) is 155 cm³/mol. The quantitative estimate of drug-likeness (QED) is 0.139. The molecule has 0 atom stereocenters. The molecule has 0 fully saturated rings. The Bertz CT molecular complexity index is 1790. The zero-order chi connectivity index (χ0) is 34.1. The molecule has 17 heteroatoms. The molecule has 3 heterocycles. The zero-order valence-electron chi connectivity index (χ0n) is 24.7. The molecular weight excluding hydrogens is 661 g/mol. The number of aromatic nitrogens is 6. The molecule has 0 N–H and O–H groups in total. The van der Waals surface area contributed by atoms with E-state index in [0.29, 0.717) is 42.8 Å². The summed E-state index contributed by atoms with van der Waals surface area (Å²) in [4.78, 5) is 7.74. The largest absolute Gasteiger partial charge is 0.416 e. The highest BCUT2D eigenvalue weighted by atomic mass is 32.1. The van der Waals surface area contributed by atoms with Crippen LogP contribution in [0.25, 0.3) is 11.3 Å². The minimum absolute atomic E-state index is 0.00171. The van der Waals surface area contributed by atoms with Crippen LogP contribution in [0.5, 0.6) is 0 Å². The van der Waals surface area contributed by atoms with Crippen molar-refractivity contribution in [2.75, 3.05) is 4.90 Å². The Labute approximate surface area is 266 Å². The molecule has 0 aliphatic rings. The van der Waals surface area contributed by atoms with E-state index in [1.54, 1.807) is 0 Å². The van der Waals surface area contributed by atoms with Crippen LogP contribution in [0.15, 0.2) is 60.9 Å². The van der Waals surface area contributed by atoms with Gasteiger partial charge in [-0.15, -0.1) is 16.4 Å². The van der Waals surface area contributed by atoms with Gasteiger partial charge in [0.2, 0.25) is 0 Å². The Hall–Kier alpha value is -4.41. The average molecular weight is 688 g/mol. The highest BCUT2D eigenvalue weighted by Gasteiger charge is 2.37. The Morgan fingerprint density at radius 3 is 2.00 bits per heavy atom. The highest BCUT2D eigenvalue weighted by Crippen LogP contribution is 2.39. The van der Waals surface area contributed by atoms with Crippen molar-refractivity contribution >= 4 is 17.3 Å². The lowest BCUT2D eigenvalue weighted by atomic mass is 9.98. The van der Waals surface area contributed by atoms with Crippen LogP contribution >= 0.6 is 11.3 Å². The summed E-state index contributed by atoms with van der Waals surface area (Å²) in [6.07, 6.45) is -10.1. The first kappa shape index (κ1) is 33.9. The first-order valence-corrected chi connectivity index (χ1v) is 14.9. The third kappa shape index (κ3) is 8.12. The van der Waals surface area contributed by atoms with Gasteiger partial charge < -0.3 is 9.47 Å². The third-order valence-corrected chi connectivity index (χ3v) is 8.42. The number of tetrazole rings is 1. The lowest BCUT2D eigenvalue weighted by Crippen LogP contribution is -2.25. The zero-order valence-corrected chi connectivity index (χ0v) is 25.6. The number of nitrogens with zero attached hydrogens (tertiary/aromatic N) is 7. The maximum atomic E-state index is 13.9. The number of aryl methyl sites for hydroxylation is 4. The van der Waals surface area contributed by atoms with Gasteiger partial charge in [0.05, 0.1) is 34.4 Å². The van der Waals surface area contributed by atoms with Crippen molar-refractivity contribution in [1.82, 2.24) is 29.8 Å². The van der Waals surface area contributed by atoms with E-state index < -0.39 is 53.9 Å². The molecule has 7 nitrogen and oxygen atoms in total. The van der Waals surface area contributed by atoms with Gasteiger partial charge in [-0.25, -0.2) is 4.98 Å². The van der Waals surface area contributed by atoms with Gasteiger partial charge in [0.25, 0.3) is 5.95 Å². The van der Waals surface area contributed by atoms with Crippen LogP contribution < -0.4 is 4.90 Å². The number of halogens is 9. The average Bonchev–Trinajstić information content (AvgIpc) is 3.75. The Morgan fingerprint density at radius 1 is 0.809 bits per heavy atom. The standard InChI is InChI=1S/C30H26F9N7S/c1-3-24-26(40-25(47-24)8-11-45-9-4-5-10-45)23-7-6-20(28(31,32)33)14-19(23)17-46(27-41-43-44(2)42-27)16-18-12-21(29(34,35)36)15-22(13-18)30(37,38)39/h4-7,9-10,12-15H,3,8,11,16-17H2,1-2H3. The molecule has 0 saturated carbocycles. The summed E-state index contributed by atoms with van der Waals surface area (Å²) in [5.74, 6) is -0.219. The van der Waals surface area contributed by atoms with Gasteiger partial charge in [-0.1, -0.05) is 18.1 Å². The lowest BCUT2D eigenvalue weighted by molar-refractivity contribution is -0.143. The molecule has 3 aromatic heterocycles. The minimum Gasteiger partial charge on any atom is -0.354 e. The number of rotatable bonds is 10. The monoisotopic (exact) mass is 687 g/mol. The van der Waals surface area contributed by atoms with E-state index >= 15 is 0 Å². The van der Waals surface area contributed by atoms with Crippen LogP contribution in [-0.2, 0) is 58.1 Å². The fourth-order valence-corrected chi connectivity index (χ4v) is 5.98. The second-order valence-corrected chi connectivity index (χ2v) is 11.8. The van der Waals surface area contributed by atoms with Crippen molar-refractivity contribution in [3.8, 4) is 11.3 Å². The molecule has 5 rings (SSSR count). The summed E-state index contributed by atoms with van der Waals surface area (Å²) < 4.78 is 125. The molecule has 5 aromatic rings. The second-order valence-electron chi connectivity index (χ2n) is 10.6. The topological polar surface area (TPSA) is 64.7 Å². The van der Waals surface area contributed by atoms with Gasteiger partial charge in [0.1, 0.15) is 0 Å². The highest BCUT2D eigenvalue weighted by molar-refractivity contribution is 7.12.